The molecule has 0 saturated carbocycles. The minimum Gasteiger partial charge on any atom is -0.367 e. The van der Waals surface area contributed by atoms with Gasteiger partial charge in [0.05, 0.1) is 12.2 Å². The molecule has 1 atom stereocenters. The highest BCUT2D eigenvalue weighted by molar-refractivity contribution is 6.03. The van der Waals surface area contributed by atoms with Gasteiger partial charge in [0.15, 0.2) is 0 Å². The van der Waals surface area contributed by atoms with Crippen LogP contribution in [0.4, 0.5) is 4.39 Å². The average molecular weight is 222 g/mol. The van der Waals surface area contributed by atoms with Crippen LogP contribution in [0.1, 0.15) is 11.4 Å². The van der Waals surface area contributed by atoms with Crippen LogP contribution in [-0.4, -0.2) is 34.5 Å². The van der Waals surface area contributed by atoms with Crippen molar-refractivity contribution in [2.45, 2.75) is 12.6 Å². The number of primary amides is 1. The maximum Gasteiger partial charge on any atom is 0.261 e. The number of dihydropyridines is 1. The fraction of sp³-hybridized carbons (Fsp3) is 0.300. The number of aromatic amines is 1. The number of nitrogens with zero attached hydrogens (tertiary/aromatic N) is 2. The van der Waals surface area contributed by atoms with E-state index in [9.17, 15) is 9.18 Å². The molecular weight excluding hydrogens is 211 g/mol. The number of rotatable bonds is 2. The molecule has 1 unspecified atom stereocenters. The number of amides is 1. The molecule has 1 aliphatic heterocycles. The van der Waals surface area contributed by atoms with Crippen LogP contribution in [-0.2, 0) is 4.79 Å². The Bertz CT molecular complexity index is 491. The van der Waals surface area contributed by atoms with Gasteiger partial charge in [0.25, 0.3) is 5.91 Å². The van der Waals surface area contributed by atoms with Crippen molar-refractivity contribution in [3.05, 3.63) is 23.5 Å². The molecule has 2 rings (SSSR count). The molecule has 16 heavy (non-hydrogen) atoms. The van der Waals surface area contributed by atoms with Crippen LogP contribution >= 0.6 is 0 Å². The quantitative estimate of drug-likeness (QED) is 0.758. The first kappa shape index (κ1) is 10.5. The lowest BCUT2D eigenvalue weighted by Gasteiger charge is -2.23. The summed E-state index contributed by atoms with van der Waals surface area (Å²) in [6.07, 6.45) is 2.87. The molecule has 1 amide bonds. The number of nitrogens with two attached hydrogens (primary N) is 1. The summed E-state index contributed by atoms with van der Waals surface area (Å²) < 4.78 is 14.3. The number of aliphatic imine (C=N–C) groups is 1. The van der Waals surface area contributed by atoms with Gasteiger partial charge in [0, 0.05) is 17.5 Å². The zero-order chi connectivity index (χ0) is 11.8. The lowest BCUT2D eigenvalue weighted by atomic mass is 9.90. The van der Waals surface area contributed by atoms with Gasteiger partial charge < -0.3 is 5.73 Å². The Morgan fingerprint density at radius 3 is 3.00 bits per heavy atom. The standard InChI is InChI=1S/C10H11FN4O/c1-6-4-8(15-14-6)7-2-3-13-5-10(7,11)9(12)16/h2-4H,5H2,1H3,(H2,12,16)(H,14,15). The SMILES string of the molecule is Cc1cc(C2=CC=NCC2(F)C(N)=O)n[nH]1. The molecule has 3 N–H and O–H groups in total. The Morgan fingerprint density at radius 1 is 1.69 bits per heavy atom. The van der Waals surface area contributed by atoms with Gasteiger partial charge in [-0.15, -0.1) is 0 Å². The second kappa shape index (κ2) is 3.55. The van der Waals surface area contributed by atoms with Crippen molar-refractivity contribution >= 4 is 17.7 Å². The Balaban J connectivity index is 2.48. The summed E-state index contributed by atoms with van der Waals surface area (Å²) >= 11 is 0. The fourth-order valence-corrected chi connectivity index (χ4v) is 1.58. The third-order valence-electron chi connectivity index (χ3n) is 2.46. The number of aryl methyl sites for hydroxylation is 1. The van der Waals surface area contributed by atoms with E-state index in [0.717, 1.165) is 5.69 Å². The van der Waals surface area contributed by atoms with E-state index in [2.05, 4.69) is 15.2 Å². The molecule has 5 nitrogen and oxygen atoms in total. The maximum absolute atomic E-state index is 14.3. The smallest absolute Gasteiger partial charge is 0.261 e. The van der Waals surface area contributed by atoms with E-state index in [-0.39, 0.29) is 12.1 Å². The first-order valence-electron chi connectivity index (χ1n) is 4.76. The van der Waals surface area contributed by atoms with Crippen molar-refractivity contribution in [1.82, 2.24) is 10.2 Å². The highest BCUT2D eigenvalue weighted by Gasteiger charge is 2.43. The van der Waals surface area contributed by atoms with E-state index >= 15 is 0 Å². The van der Waals surface area contributed by atoms with Crippen molar-refractivity contribution in [2.75, 3.05) is 6.54 Å². The van der Waals surface area contributed by atoms with Crippen LogP contribution in [0, 0.1) is 6.92 Å². The second-order valence-corrected chi connectivity index (χ2v) is 3.67. The highest BCUT2D eigenvalue weighted by Crippen LogP contribution is 2.32. The summed E-state index contributed by atoms with van der Waals surface area (Å²) in [5, 5.41) is 6.60. The normalized spacial score (nSPS) is 24.2. The van der Waals surface area contributed by atoms with Gasteiger partial charge in [-0.2, -0.15) is 5.10 Å². The van der Waals surface area contributed by atoms with E-state index < -0.39 is 11.6 Å². The third kappa shape index (κ3) is 1.52. The first-order valence-corrected chi connectivity index (χ1v) is 4.76. The van der Waals surface area contributed by atoms with Crippen LogP contribution in [0.25, 0.3) is 5.57 Å². The van der Waals surface area contributed by atoms with Gasteiger partial charge in [0.2, 0.25) is 5.67 Å². The van der Waals surface area contributed by atoms with Crippen molar-refractivity contribution < 1.29 is 9.18 Å². The Morgan fingerprint density at radius 2 is 2.44 bits per heavy atom. The fourth-order valence-electron chi connectivity index (χ4n) is 1.58. The molecule has 0 bridgehead atoms. The summed E-state index contributed by atoms with van der Waals surface area (Å²) in [5.74, 6) is -1.05. The lowest BCUT2D eigenvalue weighted by molar-refractivity contribution is -0.125. The third-order valence-corrected chi connectivity index (χ3v) is 2.46. The average Bonchev–Trinajstić information content (AvgIpc) is 2.65. The summed E-state index contributed by atoms with van der Waals surface area (Å²) in [7, 11) is 0. The largest absolute Gasteiger partial charge is 0.367 e. The highest BCUT2D eigenvalue weighted by atomic mass is 19.1. The zero-order valence-electron chi connectivity index (χ0n) is 8.70. The minimum absolute atomic E-state index is 0.152. The second-order valence-electron chi connectivity index (χ2n) is 3.67. The number of allylic oxidation sites excluding steroid dienone is 1. The number of nitrogens with one attached hydrogen (secondary N) is 1. The summed E-state index contributed by atoms with van der Waals surface area (Å²) in [5.41, 5.74) is 4.12. The molecule has 1 aliphatic rings. The van der Waals surface area contributed by atoms with Gasteiger partial charge in [-0.1, -0.05) is 0 Å². The maximum atomic E-state index is 14.3. The number of hydrogen-bond donors (Lipinski definition) is 2. The number of carbonyl (C=O) groups excluding carboxylic acids is 1. The van der Waals surface area contributed by atoms with Gasteiger partial charge in [-0.3, -0.25) is 14.9 Å². The molecular formula is C10H11FN4O. The molecule has 6 heteroatoms. The number of aromatic nitrogens is 2. The molecule has 0 fully saturated rings. The monoisotopic (exact) mass is 222 g/mol. The number of halogens is 1. The molecule has 0 radical (unpaired) electrons. The molecule has 0 saturated heterocycles. The van der Waals surface area contributed by atoms with Gasteiger partial charge in [-0.25, -0.2) is 4.39 Å². The van der Waals surface area contributed by atoms with E-state index in [1.807, 2.05) is 0 Å². The van der Waals surface area contributed by atoms with Gasteiger partial charge in [-0.05, 0) is 19.1 Å². The predicted molar refractivity (Wildman–Crippen MR) is 57.7 cm³/mol. The van der Waals surface area contributed by atoms with Crippen LogP contribution in [0.3, 0.4) is 0 Å². The Hall–Kier alpha value is -1.98. The zero-order valence-corrected chi connectivity index (χ0v) is 8.70. The lowest BCUT2D eigenvalue weighted by Crippen LogP contribution is -2.44. The van der Waals surface area contributed by atoms with Crippen molar-refractivity contribution in [1.29, 1.82) is 0 Å². The first-order chi connectivity index (χ1) is 7.54. The van der Waals surface area contributed by atoms with Crippen LogP contribution in [0.2, 0.25) is 0 Å². The van der Waals surface area contributed by atoms with E-state index in [1.54, 1.807) is 13.0 Å². The Labute approximate surface area is 91.3 Å². The summed E-state index contributed by atoms with van der Waals surface area (Å²) in [4.78, 5) is 14.9. The molecule has 0 aromatic carbocycles. The molecule has 1 aromatic heterocycles. The van der Waals surface area contributed by atoms with Crippen molar-refractivity contribution in [3.8, 4) is 0 Å². The summed E-state index contributed by atoms with van der Waals surface area (Å²) in [6, 6.07) is 1.66. The van der Waals surface area contributed by atoms with E-state index in [0.29, 0.717) is 5.69 Å². The molecule has 2 heterocycles. The summed E-state index contributed by atoms with van der Waals surface area (Å²) in [6.45, 7) is 1.50. The topological polar surface area (TPSA) is 84.1 Å². The Kier molecular flexibility index (Phi) is 2.34. The molecule has 84 valence electrons. The molecule has 0 aliphatic carbocycles. The number of hydrogen-bond acceptors (Lipinski definition) is 3. The van der Waals surface area contributed by atoms with E-state index in [1.165, 1.54) is 12.3 Å². The number of alkyl halides is 1. The van der Waals surface area contributed by atoms with Crippen LogP contribution < -0.4 is 5.73 Å². The minimum atomic E-state index is -2.27. The number of H-pyrrole nitrogens is 1. The van der Waals surface area contributed by atoms with Crippen LogP contribution in [0.5, 0.6) is 0 Å². The molecule has 1 aromatic rings. The molecule has 0 spiro atoms. The number of carbonyl (C=O) groups is 1. The van der Waals surface area contributed by atoms with Crippen molar-refractivity contribution in [2.24, 2.45) is 10.7 Å². The van der Waals surface area contributed by atoms with Gasteiger partial charge >= 0.3 is 0 Å². The predicted octanol–water partition coefficient (Wildman–Crippen LogP) is 0.380. The van der Waals surface area contributed by atoms with Crippen LogP contribution in [0.15, 0.2) is 17.1 Å². The van der Waals surface area contributed by atoms with E-state index in [4.69, 9.17) is 5.73 Å². The van der Waals surface area contributed by atoms with Gasteiger partial charge in [0.1, 0.15) is 0 Å². The van der Waals surface area contributed by atoms with Crippen molar-refractivity contribution in [3.63, 3.8) is 0 Å².